The molecule has 0 atom stereocenters. The zero-order chi connectivity index (χ0) is 27.0. The number of hydrogen-bond donors (Lipinski definition) is 0. The maximum atomic E-state index is 8.55. The molecule has 0 aliphatic heterocycles. The summed E-state index contributed by atoms with van der Waals surface area (Å²) in [6.07, 6.45) is 0. The molecule has 0 unspecified atom stereocenters. The third-order valence-electron chi connectivity index (χ3n) is 0. The fraction of sp³-hybridized carbons (Fsp3) is 0. The van der Waals surface area contributed by atoms with E-state index < -0.39 is 46.9 Å². The van der Waals surface area contributed by atoms with E-state index in [1.807, 2.05) is 0 Å². The predicted octanol–water partition coefficient (Wildman–Crippen LogP) is -20.4. The summed E-state index contributed by atoms with van der Waals surface area (Å²) in [7, 11) is -32.3. The van der Waals surface area contributed by atoms with E-state index in [-0.39, 0.29) is 207 Å². The van der Waals surface area contributed by atoms with Crippen molar-refractivity contribution in [3.05, 3.63) is 0 Å². The van der Waals surface area contributed by atoms with Gasteiger partial charge in [0.25, 0.3) is 0 Å². The number of phosphoric acid groups is 6. The van der Waals surface area contributed by atoms with Crippen LogP contribution < -0.4 is 88.1 Å². The normalized spacial score (nSPS) is 9.08. The van der Waals surface area contributed by atoms with Gasteiger partial charge in [-0.25, -0.2) is 0 Å². The molecule has 0 aromatic heterocycles. The summed E-state index contributed by atoms with van der Waals surface area (Å²) in [5.74, 6) is 0. The molecule has 0 amide bonds. The standard InChI is InChI=1S/9Mg.6H3O4P/c;;;;;;;;;6*1-5(2,3)4/h;;;;;;;;;6*(H3,1,2,3,4)/q9*+2;;;;;;/p-18. The molecule has 0 saturated heterocycles. The van der Waals surface area contributed by atoms with Crippen LogP contribution in [0.5, 0.6) is 0 Å². The monoisotopic (exact) mass is 786 g/mol. The van der Waals surface area contributed by atoms with Crippen LogP contribution in [0.2, 0.25) is 0 Å². The molecule has 0 radical (unpaired) electrons. The minimum absolute atomic E-state index is 0. The van der Waals surface area contributed by atoms with Crippen molar-refractivity contribution in [2.75, 3.05) is 0 Å². The molecule has 0 aliphatic carbocycles. The van der Waals surface area contributed by atoms with Crippen molar-refractivity contribution in [3.63, 3.8) is 0 Å². The van der Waals surface area contributed by atoms with Crippen LogP contribution in [0, 0.1) is 0 Å². The van der Waals surface area contributed by atoms with Crippen molar-refractivity contribution in [1.29, 1.82) is 0 Å². The zero-order valence-electron chi connectivity index (χ0n) is 18.8. The van der Waals surface area contributed by atoms with Gasteiger partial charge in [-0.2, -0.15) is 46.9 Å². The predicted molar refractivity (Wildman–Crippen MR) is 97.4 cm³/mol. The molecular weight excluding hydrogens is 789 g/mol. The van der Waals surface area contributed by atoms with Crippen LogP contribution in [0.15, 0.2) is 0 Å². The first-order valence-electron chi connectivity index (χ1n) is 4.38. The van der Waals surface area contributed by atoms with E-state index in [9.17, 15) is 0 Å². The molecule has 0 spiro atoms. The Bertz CT molecular complexity index is 484. The Labute approximate surface area is 363 Å². The fourth-order valence-corrected chi connectivity index (χ4v) is 0. The first-order chi connectivity index (χ1) is 12.0. The summed E-state index contributed by atoms with van der Waals surface area (Å²) in [6.45, 7) is 0. The van der Waals surface area contributed by atoms with Gasteiger partial charge in [0, 0.05) is 0 Å². The molecule has 0 aromatic carbocycles. The van der Waals surface area contributed by atoms with Gasteiger partial charge in [0.1, 0.15) is 0 Å². The van der Waals surface area contributed by atoms with Crippen LogP contribution in [0.1, 0.15) is 0 Å². The Balaban J connectivity index is -0.0000000130. The number of hydrogen-bond acceptors (Lipinski definition) is 24. The molecule has 0 aliphatic rings. The average molecular weight is 789 g/mol. The molecule has 0 saturated carbocycles. The van der Waals surface area contributed by atoms with Gasteiger partial charge in [-0.3, -0.25) is 0 Å². The molecule has 0 bridgehead atoms. The smallest absolute Gasteiger partial charge is 0.822 e. The van der Waals surface area contributed by atoms with E-state index in [0.29, 0.717) is 0 Å². The van der Waals surface area contributed by atoms with Crippen molar-refractivity contribution in [1.82, 2.24) is 0 Å². The van der Waals surface area contributed by atoms with E-state index in [2.05, 4.69) is 0 Å². The van der Waals surface area contributed by atoms with E-state index in [4.69, 9.17) is 115 Å². The van der Waals surface area contributed by atoms with Crippen LogP contribution in [0.3, 0.4) is 0 Å². The van der Waals surface area contributed by atoms with Crippen LogP contribution in [-0.2, 0) is 27.4 Å². The molecular formula is Mg9O24P6. The van der Waals surface area contributed by atoms with Gasteiger partial charge in [0.05, 0.1) is 0 Å². The van der Waals surface area contributed by atoms with Gasteiger partial charge < -0.3 is 115 Å². The van der Waals surface area contributed by atoms with Gasteiger partial charge in [-0.15, -0.1) is 0 Å². The Kier molecular flexibility index (Phi) is 119. The first kappa shape index (κ1) is 97.0. The molecule has 39 heavy (non-hydrogen) atoms. The topological polar surface area (TPSA) is 518 Å². The molecule has 192 valence electrons. The summed E-state index contributed by atoms with van der Waals surface area (Å²) in [5, 5.41) is 0. The average Bonchev–Trinajstić information content (AvgIpc) is 1.94. The second-order valence-electron chi connectivity index (χ2n) is 2.68. The van der Waals surface area contributed by atoms with Crippen molar-refractivity contribution in [2.45, 2.75) is 0 Å². The van der Waals surface area contributed by atoms with Gasteiger partial charge >= 0.3 is 207 Å². The second-order valence-corrected chi connectivity index (χ2v) is 8.05. The quantitative estimate of drug-likeness (QED) is 0.162. The van der Waals surface area contributed by atoms with Crippen LogP contribution in [0.25, 0.3) is 0 Å². The molecule has 0 N–H and O–H groups in total. The summed E-state index contributed by atoms with van der Waals surface area (Å²) in [4.78, 5) is 154. The molecule has 0 heterocycles. The third-order valence-corrected chi connectivity index (χ3v) is 0. The minimum Gasteiger partial charge on any atom is -0.822 e. The van der Waals surface area contributed by atoms with Crippen molar-refractivity contribution < 1.29 is 115 Å². The Morgan fingerprint density at radius 1 is 0.179 bits per heavy atom. The first-order valence-corrected chi connectivity index (χ1v) is 13.1. The molecule has 0 rings (SSSR count). The van der Waals surface area contributed by atoms with E-state index in [1.54, 1.807) is 0 Å². The zero-order valence-corrected chi connectivity index (χ0v) is 36.9. The third kappa shape index (κ3) is 1510. The summed E-state index contributed by atoms with van der Waals surface area (Å²) in [6, 6.07) is 0. The SMILES string of the molecule is O=P([O-])([O-])[O-].O=P([O-])([O-])[O-].O=P([O-])([O-])[O-].O=P([O-])([O-])[O-].O=P([O-])([O-])[O-].O=P([O-])([O-])[O-].[Mg+2].[Mg+2].[Mg+2].[Mg+2].[Mg+2].[Mg+2].[Mg+2].[Mg+2].[Mg+2]. The van der Waals surface area contributed by atoms with Crippen molar-refractivity contribution in [3.8, 4) is 0 Å². The van der Waals surface area contributed by atoms with E-state index in [0.717, 1.165) is 0 Å². The molecule has 24 nitrogen and oxygen atoms in total. The summed E-state index contributed by atoms with van der Waals surface area (Å²) < 4.78 is 51.3. The fourth-order valence-electron chi connectivity index (χ4n) is 0. The van der Waals surface area contributed by atoms with E-state index >= 15 is 0 Å². The van der Waals surface area contributed by atoms with Crippen LogP contribution >= 0.6 is 46.9 Å². The summed E-state index contributed by atoms with van der Waals surface area (Å²) in [5.41, 5.74) is 0. The maximum absolute atomic E-state index is 8.55. The van der Waals surface area contributed by atoms with Crippen molar-refractivity contribution in [2.24, 2.45) is 0 Å². The molecule has 0 aromatic rings. The van der Waals surface area contributed by atoms with Crippen molar-refractivity contribution >= 4 is 254 Å². The summed E-state index contributed by atoms with van der Waals surface area (Å²) >= 11 is 0. The van der Waals surface area contributed by atoms with Gasteiger partial charge in [-0.05, 0) is 0 Å². The van der Waals surface area contributed by atoms with Crippen LogP contribution in [-0.4, -0.2) is 207 Å². The largest absolute Gasteiger partial charge is 2.00 e. The minimum atomic E-state index is -5.39. The van der Waals surface area contributed by atoms with Gasteiger partial charge in [0.2, 0.25) is 0 Å². The Hall–Kier alpha value is 7.56. The number of rotatable bonds is 0. The molecule has 0 fully saturated rings. The van der Waals surface area contributed by atoms with E-state index in [1.165, 1.54) is 0 Å². The van der Waals surface area contributed by atoms with Gasteiger partial charge in [-0.1, -0.05) is 0 Å². The van der Waals surface area contributed by atoms with Crippen LogP contribution in [0.4, 0.5) is 0 Å². The Morgan fingerprint density at radius 3 is 0.179 bits per heavy atom. The second kappa shape index (κ2) is 47.7. The molecule has 39 heteroatoms. The van der Waals surface area contributed by atoms with Gasteiger partial charge in [0.15, 0.2) is 0 Å². The Morgan fingerprint density at radius 2 is 0.179 bits per heavy atom. The maximum Gasteiger partial charge on any atom is 2.00 e.